The Morgan fingerprint density at radius 3 is 2.74 bits per heavy atom. The Morgan fingerprint density at radius 1 is 1.33 bits per heavy atom. The van der Waals surface area contributed by atoms with Gasteiger partial charge in [0.2, 0.25) is 5.95 Å². The lowest BCUT2D eigenvalue weighted by Gasteiger charge is -2.30. The van der Waals surface area contributed by atoms with Crippen LogP contribution in [0.1, 0.15) is 29.5 Å². The molecule has 3 rings (SSSR count). The minimum atomic E-state index is -1.64. The van der Waals surface area contributed by atoms with Gasteiger partial charge in [0.25, 0.3) is 0 Å². The molecular weight excluding hydrogens is 368 g/mol. The molecule has 0 saturated heterocycles. The van der Waals surface area contributed by atoms with Crippen molar-refractivity contribution in [2.24, 2.45) is 5.92 Å². The van der Waals surface area contributed by atoms with Crippen LogP contribution in [-0.4, -0.2) is 43.7 Å². The minimum Gasteiger partial charge on any atom is -0.396 e. The number of aromatic nitrogens is 2. The molecule has 1 aliphatic rings. The van der Waals surface area contributed by atoms with E-state index in [0.717, 1.165) is 11.1 Å². The topological polar surface area (TPSA) is 125 Å². The van der Waals surface area contributed by atoms with E-state index in [-0.39, 0.29) is 29.9 Å². The number of nitrogens with zero attached hydrogens (tertiary/aromatic N) is 2. The highest BCUT2D eigenvalue weighted by Gasteiger charge is 2.47. The number of hydrogen-bond donors (Lipinski definition) is 5. The Balaban J connectivity index is 1.95. The Morgan fingerprint density at radius 2 is 2.07 bits per heavy atom. The van der Waals surface area contributed by atoms with Crippen molar-refractivity contribution in [3.05, 3.63) is 46.1 Å². The first-order valence-corrected chi connectivity index (χ1v) is 9.08. The first-order chi connectivity index (χ1) is 12.8. The second-order valence-electron chi connectivity index (χ2n) is 6.80. The van der Waals surface area contributed by atoms with Crippen molar-refractivity contribution in [2.75, 3.05) is 17.7 Å². The van der Waals surface area contributed by atoms with Gasteiger partial charge in [0, 0.05) is 12.5 Å². The molecule has 0 radical (unpaired) electrons. The molecule has 144 valence electrons. The first kappa shape index (κ1) is 19.6. The lowest BCUT2D eigenvalue weighted by molar-refractivity contribution is -0.0545. The first-order valence-electron chi connectivity index (χ1n) is 8.70. The van der Waals surface area contributed by atoms with Gasteiger partial charge in [-0.2, -0.15) is 4.98 Å². The Labute approximate surface area is 162 Å². The van der Waals surface area contributed by atoms with Gasteiger partial charge in [0.1, 0.15) is 17.1 Å². The molecule has 0 unspecified atom stereocenters. The smallest absolute Gasteiger partial charge is 0.223 e. The van der Waals surface area contributed by atoms with E-state index in [0.29, 0.717) is 12.0 Å². The maximum atomic E-state index is 10.8. The van der Waals surface area contributed by atoms with E-state index in [1.54, 1.807) is 6.08 Å². The molecule has 7 nitrogen and oxygen atoms in total. The highest BCUT2D eigenvalue weighted by atomic mass is 35.5. The molecule has 1 fully saturated rings. The lowest BCUT2D eigenvalue weighted by atomic mass is 10.0. The Kier molecular flexibility index (Phi) is 5.67. The van der Waals surface area contributed by atoms with Gasteiger partial charge in [-0.15, -0.1) is 0 Å². The number of benzene rings is 1. The zero-order chi connectivity index (χ0) is 19.6. The maximum Gasteiger partial charge on any atom is 0.223 e. The molecule has 27 heavy (non-hydrogen) atoms. The van der Waals surface area contributed by atoms with Gasteiger partial charge in [0.05, 0.1) is 5.56 Å². The number of aliphatic hydroxyl groups is 3. The Bertz CT molecular complexity index is 861. The average Bonchev–Trinajstić information content (AvgIpc) is 2.90. The molecule has 1 aromatic carbocycles. The molecular formula is C19H23ClN4O3. The highest BCUT2D eigenvalue weighted by Crippen LogP contribution is 2.37. The van der Waals surface area contributed by atoms with Crippen molar-refractivity contribution in [3.63, 3.8) is 0 Å². The fraction of sp³-hybridized carbons (Fsp3) is 0.368. The van der Waals surface area contributed by atoms with Crippen LogP contribution in [0, 0.1) is 12.8 Å². The third kappa shape index (κ3) is 4.06. The summed E-state index contributed by atoms with van der Waals surface area (Å²) < 4.78 is 0. The van der Waals surface area contributed by atoms with Crippen molar-refractivity contribution in [1.29, 1.82) is 0 Å². The monoisotopic (exact) mass is 390 g/mol. The lowest BCUT2D eigenvalue weighted by Crippen LogP contribution is -2.48. The molecule has 0 bridgehead atoms. The van der Waals surface area contributed by atoms with E-state index in [9.17, 15) is 15.3 Å². The average molecular weight is 391 g/mol. The van der Waals surface area contributed by atoms with Crippen LogP contribution < -0.4 is 11.1 Å². The van der Waals surface area contributed by atoms with E-state index < -0.39 is 17.7 Å². The summed E-state index contributed by atoms with van der Waals surface area (Å²) >= 11 is 6.26. The molecule has 1 saturated carbocycles. The van der Waals surface area contributed by atoms with Crippen LogP contribution >= 0.6 is 11.6 Å². The normalized spacial score (nSPS) is 25.2. The Hall–Kier alpha value is -2.19. The SMILES string of the molecule is Cc1ccccc1/C=C/c1c(Cl)nc(N)nc1N[C@@]1(O)CC[C@H](CO)[C@H]1O. The molecule has 0 aliphatic heterocycles. The van der Waals surface area contributed by atoms with Gasteiger partial charge in [0.15, 0.2) is 5.72 Å². The predicted molar refractivity (Wildman–Crippen MR) is 106 cm³/mol. The number of halogens is 1. The van der Waals surface area contributed by atoms with Crippen molar-refractivity contribution in [2.45, 2.75) is 31.6 Å². The van der Waals surface area contributed by atoms with Crippen LogP contribution in [0.4, 0.5) is 11.8 Å². The summed E-state index contributed by atoms with van der Waals surface area (Å²) in [6.45, 7) is 1.78. The van der Waals surface area contributed by atoms with E-state index in [1.165, 1.54) is 0 Å². The second kappa shape index (κ2) is 7.82. The molecule has 2 aromatic rings. The van der Waals surface area contributed by atoms with E-state index >= 15 is 0 Å². The predicted octanol–water partition coefficient (Wildman–Crippen LogP) is 2.05. The highest BCUT2D eigenvalue weighted by molar-refractivity contribution is 6.31. The minimum absolute atomic E-state index is 0.0506. The molecule has 6 N–H and O–H groups in total. The molecule has 1 aromatic heterocycles. The van der Waals surface area contributed by atoms with Crippen LogP contribution in [0.25, 0.3) is 12.2 Å². The summed E-state index contributed by atoms with van der Waals surface area (Å²) in [6, 6.07) is 7.84. The number of nitrogens with two attached hydrogens (primary N) is 1. The van der Waals surface area contributed by atoms with Crippen molar-refractivity contribution >= 4 is 35.5 Å². The van der Waals surface area contributed by atoms with Crippen LogP contribution in [0.2, 0.25) is 5.15 Å². The van der Waals surface area contributed by atoms with Crippen LogP contribution in [0.5, 0.6) is 0 Å². The van der Waals surface area contributed by atoms with Gasteiger partial charge in [-0.05, 0) is 37.0 Å². The van der Waals surface area contributed by atoms with Crippen molar-refractivity contribution < 1.29 is 15.3 Å². The van der Waals surface area contributed by atoms with Gasteiger partial charge in [-0.25, -0.2) is 4.98 Å². The zero-order valence-electron chi connectivity index (χ0n) is 14.9. The summed E-state index contributed by atoms with van der Waals surface area (Å²) in [4.78, 5) is 8.12. The standard InChI is InChI=1S/C19H23ClN4O3/c1-11-4-2-3-5-12(11)6-7-14-16(20)22-18(21)23-17(14)24-19(27)9-8-13(10-25)15(19)26/h2-7,13,15,25-27H,8-10H2,1H3,(H3,21,22,23,24)/b7-6+/t13-,15-,19-/m1/s1. The van der Waals surface area contributed by atoms with Crippen LogP contribution in [-0.2, 0) is 0 Å². The van der Waals surface area contributed by atoms with E-state index in [1.807, 2.05) is 37.3 Å². The fourth-order valence-corrected chi connectivity index (χ4v) is 3.52. The van der Waals surface area contributed by atoms with Crippen LogP contribution in [0.15, 0.2) is 24.3 Å². The zero-order valence-corrected chi connectivity index (χ0v) is 15.7. The van der Waals surface area contributed by atoms with Gasteiger partial charge < -0.3 is 26.4 Å². The molecule has 0 amide bonds. The molecule has 8 heteroatoms. The number of rotatable bonds is 5. The number of aryl methyl sites for hydroxylation is 1. The van der Waals surface area contributed by atoms with Crippen molar-refractivity contribution in [3.8, 4) is 0 Å². The number of nitrogen functional groups attached to an aromatic ring is 1. The van der Waals surface area contributed by atoms with Gasteiger partial charge in [-0.1, -0.05) is 41.9 Å². The maximum absolute atomic E-state index is 10.8. The number of anilines is 2. The van der Waals surface area contributed by atoms with Gasteiger partial charge >= 0.3 is 0 Å². The summed E-state index contributed by atoms with van der Waals surface area (Å²) in [5.74, 6) is -0.245. The molecule has 1 aliphatic carbocycles. The van der Waals surface area contributed by atoms with E-state index in [2.05, 4.69) is 15.3 Å². The summed E-state index contributed by atoms with van der Waals surface area (Å²) in [5.41, 5.74) is 6.61. The van der Waals surface area contributed by atoms with E-state index in [4.69, 9.17) is 17.3 Å². The number of aliphatic hydroxyl groups excluding tert-OH is 2. The molecule has 1 heterocycles. The van der Waals surface area contributed by atoms with Gasteiger partial charge in [-0.3, -0.25) is 0 Å². The largest absolute Gasteiger partial charge is 0.396 e. The van der Waals surface area contributed by atoms with Crippen molar-refractivity contribution in [1.82, 2.24) is 9.97 Å². The third-order valence-corrected chi connectivity index (χ3v) is 5.22. The summed E-state index contributed by atoms with van der Waals surface area (Å²) in [5, 5.41) is 33.5. The fourth-order valence-electron chi connectivity index (χ4n) is 3.28. The quantitative estimate of drug-likeness (QED) is 0.391. The second-order valence-corrected chi connectivity index (χ2v) is 7.16. The van der Waals surface area contributed by atoms with Crippen LogP contribution in [0.3, 0.4) is 0 Å². The number of nitrogens with one attached hydrogen (secondary N) is 1. The number of hydrogen-bond acceptors (Lipinski definition) is 7. The summed E-state index contributed by atoms with van der Waals surface area (Å²) in [6.07, 6.45) is 3.19. The summed E-state index contributed by atoms with van der Waals surface area (Å²) in [7, 11) is 0. The molecule has 0 spiro atoms. The third-order valence-electron chi connectivity index (χ3n) is 4.94. The molecule has 3 atom stereocenters.